The molecule has 0 radical (unpaired) electrons. The van der Waals surface area contributed by atoms with Crippen LogP contribution in [0, 0.1) is 5.92 Å². The predicted molar refractivity (Wildman–Crippen MR) is 44.4 cm³/mol. The summed E-state index contributed by atoms with van der Waals surface area (Å²) < 4.78 is 5.25. The Morgan fingerprint density at radius 3 is 2.40 bits per heavy atom. The first-order chi connectivity index (χ1) is 4.20. The predicted octanol–water partition coefficient (Wildman–Crippen LogP) is 1.18. The van der Waals surface area contributed by atoms with Gasteiger partial charge in [-0.15, -0.1) is 12.4 Å². The van der Waals surface area contributed by atoms with Crippen molar-refractivity contribution in [2.45, 2.75) is 25.4 Å². The summed E-state index contributed by atoms with van der Waals surface area (Å²) in [5.41, 5.74) is 5.61. The van der Waals surface area contributed by atoms with Crippen LogP contribution in [0.4, 0.5) is 0 Å². The molecule has 0 saturated heterocycles. The second-order valence-corrected chi connectivity index (χ2v) is 3.16. The third kappa shape index (κ3) is 1.84. The fraction of sp³-hybridized carbons (Fsp3) is 1.00. The van der Waals surface area contributed by atoms with Crippen LogP contribution in [0.5, 0.6) is 0 Å². The zero-order valence-electron chi connectivity index (χ0n) is 6.59. The van der Waals surface area contributed by atoms with Crippen molar-refractivity contribution in [1.29, 1.82) is 0 Å². The van der Waals surface area contributed by atoms with Crippen molar-refractivity contribution in [1.82, 2.24) is 0 Å². The summed E-state index contributed by atoms with van der Waals surface area (Å²) in [6, 6.07) is 0. The Morgan fingerprint density at radius 2 is 2.10 bits per heavy atom. The molecule has 0 atom stereocenters. The molecule has 62 valence electrons. The lowest BCUT2D eigenvalue weighted by atomic mass is 9.72. The minimum absolute atomic E-state index is 0. The molecular weight excluding hydrogens is 150 g/mol. The molecule has 10 heavy (non-hydrogen) atoms. The van der Waals surface area contributed by atoms with E-state index < -0.39 is 0 Å². The zero-order valence-corrected chi connectivity index (χ0v) is 7.41. The minimum atomic E-state index is 0. The quantitative estimate of drug-likeness (QED) is 0.667. The van der Waals surface area contributed by atoms with E-state index in [1.54, 1.807) is 7.11 Å². The summed E-state index contributed by atoms with van der Waals surface area (Å²) in [5.74, 6) is 0.718. The summed E-state index contributed by atoms with van der Waals surface area (Å²) in [5, 5.41) is 0. The summed E-state index contributed by atoms with van der Waals surface area (Å²) >= 11 is 0. The van der Waals surface area contributed by atoms with Gasteiger partial charge < -0.3 is 10.5 Å². The van der Waals surface area contributed by atoms with Gasteiger partial charge >= 0.3 is 0 Å². The molecule has 0 heterocycles. The molecule has 0 aromatic heterocycles. The molecule has 0 aromatic rings. The van der Waals surface area contributed by atoms with Crippen molar-refractivity contribution < 1.29 is 4.74 Å². The monoisotopic (exact) mass is 165 g/mol. The number of ether oxygens (including phenoxy) is 1. The number of methoxy groups -OCH3 is 1. The van der Waals surface area contributed by atoms with E-state index in [9.17, 15) is 0 Å². The van der Waals surface area contributed by atoms with Gasteiger partial charge in [0.15, 0.2) is 0 Å². The highest BCUT2D eigenvalue weighted by Crippen LogP contribution is 2.38. The van der Waals surface area contributed by atoms with Crippen LogP contribution in [0.2, 0.25) is 0 Å². The van der Waals surface area contributed by atoms with E-state index in [4.69, 9.17) is 10.5 Å². The van der Waals surface area contributed by atoms with Crippen molar-refractivity contribution in [2.75, 3.05) is 13.7 Å². The molecule has 3 heteroatoms. The van der Waals surface area contributed by atoms with Crippen molar-refractivity contribution in [2.24, 2.45) is 11.7 Å². The summed E-state index contributed by atoms with van der Waals surface area (Å²) in [6.45, 7) is 2.96. The molecule has 0 unspecified atom stereocenters. The highest BCUT2D eigenvalue weighted by Gasteiger charge is 2.39. The van der Waals surface area contributed by atoms with Gasteiger partial charge in [-0.25, -0.2) is 0 Å². The van der Waals surface area contributed by atoms with Crippen LogP contribution in [0.25, 0.3) is 0 Å². The van der Waals surface area contributed by atoms with E-state index in [1.165, 1.54) is 0 Å². The Balaban J connectivity index is 0.000000810. The zero-order chi connectivity index (χ0) is 6.91. The maximum absolute atomic E-state index is 5.45. The summed E-state index contributed by atoms with van der Waals surface area (Å²) in [4.78, 5) is 0. The van der Waals surface area contributed by atoms with Gasteiger partial charge in [0.05, 0.1) is 5.60 Å². The van der Waals surface area contributed by atoms with Gasteiger partial charge in [0, 0.05) is 7.11 Å². The number of hydrogen-bond donors (Lipinski definition) is 1. The van der Waals surface area contributed by atoms with Crippen LogP contribution in [-0.2, 0) is 4.74 Å². The van der Waals surface area contributed by atoms with Crippen LogP contribution in [0.15, 0.2) is 0 Å². The fourth-order valence-corrected chi connectivity index (χ4v) is 1.49. The Kier molecular flexibility index (Phi) is 3.63. The average molecular weight is 166 g/mol. The first-order valence-corrected chi connectivity index (χ1v) is 3.45. The van der Waals surface area contributed by atoms with Crippen molar-refractivity contribution in [3.05, 3.63) is 0 Å². The number of rotatable bonds is 2. The second-order valence-electron chi connectivity index (χ2n) is 3.16. The second kappa shape index (κ2) is 3.56. The molecule has 1 fully saturated rings. The van der Waals surface area contributed by atoms with Crippen LogP contribution in [-0.4, -0.2) is 19.3 Å². The van der Waals surface area contributed by atoms with Gasteiger partial charge in [-0.05, 0) is 32.2 Å². The molecule has 2 N–H and O–H groups in total. The molecule has 1 aliphatic rings. The van der Waals surface area contributed by atoms with Crippen LogP contribution < -0.4 is 5.73 Å². The smallest absolute Gasteiger partial charge is 0.0657 e. The normalized spacial score (nSPS) is 38.1. The lowest BCUT2D eigenvalue weighted by Gasteiger charge is -2.43. The molecule has 1 saturated carbocycles. The third-order valence-corrected chi connectivity index (χ3v) is 2.27. The highest BCUT2D eigenvalue weighted by molar-refractivity contribution is 5.85. The van der Waals surface area contributed by atoms with Crippen LogP contribution in [0.1, 0.15) is 19.8 Å². The van der Waals surface area contributed by atoms with E-state index in [0.717, 1.165) is 25.3 Å². The lowest BCUT2D eigenvalue weighted by Crippen LogP contribution is -2.45. The standard InChI is InChI=1S/C7H15NO.ClH/c1-7(9-2)3-6(4-7)5-8;/h6H,3-5,8H2,1-2H3;1H. The molecule has 1 aliphatic carbocycles. The SMILES string of the molecule is COC1(C)CC(CN)C1.Cl. The van der Waals surface area contributed by atoms with E-state index in [0.29, 0.717) is 0 Å². The summed E-state index contributed by atoms with van der Waals surface area (Å²) in [7, 11) is 1.77. The molecule has 0 spiro atoms. The lowest BCUT2D eigenvalue weighted by molar-refractivity contribution is -0.0874. The van der Waals surface area contributed by atoms with Crippen LogP contribution >= 0.6 is 12.4 Å². The first kappa shape index (κ1) is 10.2. The average Bonchev–Trinajstić information content (AvgIpc) is 1.81. The van der Waals surface area contributed by atoms with Gasteiger partial charge in [0.2, 0.25) is 0 Å². The maximum atomic E-state index is 5.45. The highest BCUT2D eigenvalue weighted by atomic mass is 35.5. The Bertz CT molecular complexity index is 102. The van der Waals surface area contributed by atoms with Gasteiger partial charge in [0.25, 0.3) is 0 Å². The van der Waals surface area contributed by atoms with Gasteiger partial charge in [-0.3, -0.25) is 0 Å². The molecule has 0 aromatic carbocycles. The molecule has 0 aliphatic heterocycles. The van der Waals surface area contributed by atoms with Crippen molar-refractivity contribution in [3.8, 4) is 0 Å². The largest absolute Gasteiger partial charge is 0.379 e. The van der Waals surface area contributed by atoms with Gasteiger partial charge in [-0.2, -0.15) is 0 Å². The van der Waals surface area contributed by atoms with E-state index >= 15 is 0 Å². The van der Waals surface area contributed by atoms with Gasteiger partial charge in [-0.1, -0.05) is 0 Å². The number of nitrogens with two attached hydrogens (primary N) is 1. The number of halogens is 1. The van der Waals surface area contributed by atoms with E-state index in [-0.39, 0.29) is 18.0 Å². The third-order valence-electron chi connectivity index (χ3n) is 2.27. The minimum Gasteiger partial charge on any atom is -0.379 e. The Labute approximate surface area is 68.5 Å². The van der Waals surface area contributed by atoms with E-state index in [1.807, 2.05) is 0 Å². The maximum Gasteiger partial charge on any atom is 0.0657 e. The molecule has 1 rings (SSSR count). The van der Waals surface area contributed by atoms with Crippen molar-refractivity contribution >= 4 is 12.4 Å². The Morgan fingerprint density at radius 1 is 1.60 bits per heavy atom. The molecule has 2 nitrogen and oxygen atoms in total. The van der Waals surface area contributed by atoms with Gasteiger partial charge in [0.1, 0.15) is 0 Å². The summed E-state index contributed by atoms with van der Waals surface area (Å²) in [6.07, 6.45) is 2.28. The Hall–Kier alpha value is 0.210. The molecule has 0 bridgehead atoms. The van der Waals surface area contributed by atoms with E-state index in [2.05, 4.69) is 6.92 Å². The number of hydrogen-bond acceptors (Lipinski definition) is 2. The van der Waals surface area contributed by atoms with Crippen LogP contribution in [0.3, 0.4) is 0 Å². The topological polar surface area (TPSA) is 35.2 Å². The fourth-order valence-electron chi connectivity index (χ4n) is 1.49. The van der Waals surface area contributed by atoms with Crippen molar-refractivity contribution in [3.63, 3.8) is 0 Å². The molecular formula is C7H16ClNO. The first-order valence-electron chi connectivity index (χ1n) is 3.45. The molecule has 0 amide bonds.